The molecule has 0 bridgehead atoms. The minimum atomic E-state index is -1.17. The van der Waals surface area contributed by atoms with Gasteiger partial charge in [-0.05, 0) is 25.5 Å². The SMILES string of the molecule is CC(=O)Nc1cc(-c2nc(C)c(C(=O)O)o2)c(C)cn1. The number of carbonyl (C=O) groups excluding carboxylic acids is 1. The monoisotopic (exact) mass is 275 g/mol. The Morgan fingerprint density at radius 3 is 2.60 bits per heavy atom. The molecule has 20 heavy (non-hydrogen) atoms. The van der Waals surface area contributed by atoms with Crippen LogP contribution in [0.4, 0.5) is 5.82 Å². The molecule has 0 aromatic carbocycles. The average molecular weight is 275 g/mol. The lowest BCUT2D eigenvalue weighted by Crippen LogP contribution is -2.07. The molecule has 2 rings (SSSR count). The van der Waals surface area contributed by atoms with Gasteiger partial charge < -0.3 is 14.8 Å². The molecular weight excluding hydrogens is 262 g/mol. The Bertz CT molecular complexity index is 691. The van der Waals surface area contributed by atoms with Crippen molar-refractivity contribution in [2.45, 2.75) is 20.8 Å². The number of anilines is 1. The highest BCUT2D eigenvalue weighted by Gasteiger charge is 2.18. The van der Waals surface area contributed by atoms with Gasteiger partial charge in [-0.25, -0.2) is 14.8 Å². The van der Waals surface area contributed by atoms with Crippen LogP contribution < -0.4 is 5.32 Å². The van der Waals surface area contributed by atoms with Gasteiger partial charge in [0.15, 0.2) is 0 Å². The van der Waals surface area contributed by atoms with Crippen molar-refractivity contribution in [3.63, 3.8) is 0 Å². The Morgan fingerprint density at radius 1 is 1.35 bits per heavy atom. The first kappa shape index (κ1) is 13.7. The molecule has 2 N–H and O–H groups in total. The quantitative estimate of drug-likeness (QED) is 0.887. The number of pyridine rings is 1. The van der Waals surface area contributed by atoms with Crippen LogP contribution in [-0.2, 0) is 4.79 Å². The zero-order chi connectivity index (χ0) is 14.9. The van der Waals surface area contributed by atoms with Crippen LogP contribution >= 0.6 is 0 Å². The van der Waals surface area contributed by atoms with Crippen molar-refractivity contribution < 1.29 is 19.1 Å². The molecule has 0 aliphatic carbocycles. The topological polar surface area (TPSA) is 105 Å². The summed E-state index contributed by atoms with van der Waals surface area (Å²) in [6.07, 6.45) is 1.56. The molecule has 0 aliphatic rings. The lowest BCUT2D eigenvalue weighted by atomic mass is 10.1. The molecule has 2 aromatic heterocycles. The standard InChI is InChI=1S/C13H13N3O4/c1-6-5-14-10(16-8(3)17)4-9(6)12-15-7(2)11(20-12)13(18)19/h4-5H,1-3H3,(H,18,19)(H,14,16,17). The van der Waals surface area contributed by atoms with E-state index in [-0.39, 0.29) is 17.6 Å². The Balaban J connectivity index is 2.48. The smallest absolute Gasteiger partial charge is 0.373 e. The first-order valence-electron chi connectivity index (χ1n) is 5.84. The van der Waals surface area contributed by atoms with Crippen molar-refractivity contribution in [2.24, 2.45) is 0 Å². The summed E-state index contributed by atoms with van der Waals surface area (Å²) >= 11 is 0. The number of rotatable bonds is 3. The van der Waals surface area contributed by atoms with E-state index < -0.39 is 5.97 Å². The van der Waals surface area contributed by atoms with Crippen molar-refractivity contribution >= 4 is 17.7 Å². The van der Waals surface area contributed by atoms with Crippen molar-refractivity contribution in [2.75, 3.05) is 5.32 Å². The molecule has 7 heteroatoms. The van der Waals surface area contributed by atoms with Crippen LogP contribution in [0.25, 0.3) is 11.5 Å². The Kier molecular flexibility index (Phi) is 3.51. The number of carboxylic acid groups (broad SMARTS) is 1. The second kappa shape index (κ2) is 5.12. The fourth-order valence-corrected chi connectivity index (χ4v) is 1.71. The van der Waals surface area contributed by atoms with Gasteiger partial charge in [-0.15, -0.1) is 0 Å². The predicted octanol–water partition coefficient (Wildman–Crippen LogP) is 2.01. The fraction of sp³-hybridized carbons (Fsp3) is 0.231. The zero-order valence-electron chi connectivity index (χ0n) is 11.2. The highest BCUT2D eigenvalue weighted by Crippen LogP contribution is 2.26. The number of aryl methyl sites for hydroxylation is 2. The number of hydrogen-bond acceptors (Lipinski definition) is 5. The number of hydrogen-bond donors (Lipinski definition) is 2. The molecule has 2 heterocycles. The average Bonchev–Trinajstić information content (AvgIpc) is 2.73. The lowest BCUT2D eigenvalue weighted by Gasteiger charge is -2.05. The van der Waals surface area contributed by atoms with Crippen molar-refractivity contribution in [3.05, 3.63) is 29.3 Å². The van der Waals surface area contributed by atoms with Crippen LogP contribution in [0.2, 0.25) is 0 Å². The van der Waals surface area contributed by atoms with E-state index in [2.05, 4.69) is 15.3 Å². The molecule has 0 radical (unpaired) electrons. The van der Waals surface area contributed by atoms with Gasteiger partial charge in [0.05, 0.1) is 5.69 Å². The van der Waals surface area contributed by atoms with E-state index in [4.69, 9.17) is 9.52 Å². The summed E-state index contributed by atoms with van der Waals surface area (Å²) in [6.45, 7) is 4.72. The normalized spacial score (nSPS) is 10.3. The minimum absolute atomic E-state index is 0.186. The van der Waals surface area contributed by atoms with Crippen LogP contribution in [0.5, 0.6) is 0 Å². The van der Waals surface area contributed by atoms with Crippen molar-refractivity contribution in [1.82, 2.24) is 9.97 Å². The first-order valence-corrected chi connectivity index (χ1v) is 5.84. The van der Waals surface area contributed by atoms with Gasteiger partial charge in [0.1, 0.15) is 5.82 Å². The third-order valence-electron chi connectivity index (χ3n) is 2.63. The van der Waals surface area contributed by atoms with Crippen LogP contribution in [-0.4, -0.2) is 27.0 Å². The van der Waals surface area contributed by atoms with Crippen molar-refractivity contribution in [1.29, 1.82) is 0 Å². The Labute approximate surface area is 114 Å². The second-order valence-electron chi connectivity index (χ2n) is 4.30. The Hall–Kier alpha value is -2.70. The van der Waals surface area contributed by atoms with E-state index >= 15 is 0 Å². The molecule has 104 valence electrons. The molecule has 0 spiro atoms. The molecular formula is C13H13N3O4. The Morgan fingerprint density at radius 2 is 2.05 bits per heavy atom. The maximum atomic E-state index is 11.0. The summed E-state index contributed by atoms with van der Waals surface area (Å²) in [6, 6.07) is 1.59. The van der Waals surface area contributed by atoms with E-state index in [1.807, 2.05) is 0 Å². The molecule has 0 atom stereocenters. The van der Waals surface area contributed by atoms with E-state index in [0.29, 0.717) is 17.1 Å². The summed E-state index contributed by atoms with van der Waals surface area (Å²) in [5.41, 5.74) is 1.64. The van der Waals surface area contributed by atoms with Gasteiger partial charge in [-0.2, -0.15) is 0 Å². The van der Waals surface area contributed by atoms with Crippen LogP contribution in [0.1, 0.15) is 28.7 Å². The highest BCUT2D eigenvalue weighted by molar-refractivity contribution is 5.88. The minimum Gasteiger partial charge on any atom is -0.475 e. The number of nitrogens with zero attached hydrogens (tertiary/aromatic N) is 2. The molecule has 2 aromatic rings. The van der Waals surface area contributed by atoms with Crippen molar-refractivity contribution in [3.8, 4) is 11.5 Å². The number of oxazole rings is 1. The summed E-state index contributed by atoms with van der Waals surface area (Å²) in [7, 11) is 0. The highest BCUT2D eigenvalue weighted by atomic mass is 16.4. The third-order valence-corrected chi connectivity index (χ3v) is 2.63. The number of aromatic nitrogens is 2. The van der Waals surface area contributed by atoms with E-state index in [1.165, 1.54) is 6.92 Å². The number of nitrogens with one attached hydrogen (secondary N) is 1. The molecule has 0 aliphatic heterocycles. The molecule has 1 amide bonds. The van der Waals surface area contributed by atoms with Crippen LogP contribution in [0, 0.1) is 13.8 Å². The number of carboxylic acids is 1. The van der Waals surface area contributed by atoms with Crippen LogP contribution in [0.15, 0.2) is 16.7 Å². The number of amides is 1. The van der Waals surface area contributed by atoms with Gasteiger partial charge in [-0.1, -0.05) is 0 Å². The number of aromatic carboxylic acids is 1. The summed E-state index contributed by atoms with van der Waals surface area (Å²) in [5, 5.41) is 11.5. The predicted molar refractivity (Wildman–Crippen MR) is 70.5 cm³/mol. The first-order chi connectivity index (χ1) is 9.38. The van der Waals surface area contributed by atoms with E-state index in [9.17, 15) is 9.59 Å². The summed E-state index contributed by atoms with van der Waals surface area (Å²) in [5.74, 6) is -1.08. The van der Waals surface area contributed by atoms with E-state index in [1.54, 1.807) is 26.1 Å². The molecule has 0 unspecified atom stereocenters. The van der Waals surface area contributed by atoms with E-state index in [0.717, 1.165) is 5.56 Å². The van der Waals surface area contributed by atoms with Gasteiger partial charge in [0.2, 0.25) is 17.6 Å². The summed E-state index contributed by atoms with van der Waals surface area (Å²) < 4.78 is 5.25. The van der Waals surface area contributed by atoms with Gasteiger partial charge in [0.25, 0.3) is 0 Å². The van der Waals surface area contributed by atoms with Gasteiger partial charge >= 0.3 is 5.97 Å². The van der Waals surface area contributed by atoms with Crippen LogP contribution in [0.3, 0.4) is 0 Å². The van der Waals surface area contributed by atoms with Gasteiger partial charge in [-0.3, -0.25) is 4.79 Å². The summed E-state index contributed by atoms with van der Waals surface area (Å²) in [4.78, 5) is 30.1. The number of carbonyl (C=O) groups is 2. The molecule has 0 saturated heterocycles. The second-order valence-corrected chi connectivity index (χ2v) is 4.30. The largest absolute Gasteiger partial charge is 0.475 e. The lowest BCUT2D eigenvalue weighted by molar-refractivity contribution is -0.114. The third kappa shape index (κ3) is 2.66. The maximum absolute atomic E-state index is 11.0. The molecule has 0 saturated carbocycles. The molecule has 7 nitrogen and oxygen atoms in total. The fourth-order valence-electron chi connectivity index (χ4n) is 1.71. The zero-order valence-corrected chi connectivity index (χ0v) is 11.2. The molecule has 0 fully saturated rings. The van der Waals surface area contributed by atoms with Gasteiger partial charge in [0, 0.05) is 18.7 Å². The maximum Gasteiger partial charge on any atom is 0.373 e.